The van der Waals surface area contributed by atoms with Crippen molar-refractivity contribution in [1.29, 1.82) is 0 Å². The van der Waals surface area contributed by atoms with Gasteiger partial charge < -0.3 is 19.5 Å². The van der Waals surface area contributed by atoms with E-state index in [1.165, 1.54) is 38.5 Å². The van der Waals surface area contributed by atoms with Crippen LogP contribution in [0.4, 0.5) is 0 Å². The number of aliphatic hydroxyl groups is 1. The second-order valence-electron chi connectivity index (χ2n) is 9.28. The fourth-order valence-electron chi connectivity index (χ4n) is 6.13. The van der Waals surface area contributed by atoms with E-state index in [4.69, 9.17) is 9.47 Å². The molecule has 5 fully saturated rings. The highest BCUT2D eigenvalue weighted by Gasteiger charge is 2.51. The summed E-state index contributed by atoms with van der Waals surface area (Å²) >= 11 is 0. The molecule has 4 aliphatic carbocycles. The number of likely N-dealkylation sites (N-methyl/N-ethyl adjacent to an activating group) is 1. The van der Waals surface area contributed by atoms with Crippen molar-refractivity contribution < 1.29 is 14.6 Å². The van der Waals surface area contributed by atoms with Crippen molar-refractivity contribution in [1.82, 2.24) is 9.80 Å². The maximum absolute atomic E-state index is 10.2. The fraction of sp³-hybridized carbons (Fsp3) is 1.00. The minimum atomic E-state index is -0.386. The van der Waals surface area contributed by atoms with Crippen LogP contribution in [0, 0.1) is 17.8 Å². The van der Waals surface area contributed by atoms with E-state index < -0.39 is 0 Å². The van der Waals surface area contributed by atoms with E-state index >= 15 is 0 Å². The molecule has 25 heavy (non-hydrogen) atoms. The quantitative estimate of drug-likeness (QED) is 0.672. The van der Waals surface area contributed by atoms with Crippen LogP contribution in [-0.2, 0) is 9.47 Å². The molecule has 0 aromatic carbocycles. The van der Waals surface area contributed by atoms with Gasteiger partial charge >= 0.3 is 0 Å². The molecule has 0 radical (unpaired) electrons. The highest BCUT2D eigenvalue weighted by molar-refractivity contribution is 5.03. The molecule has 5 nitrogen and oxygen atoms in total. The Bertz CT molecular complexity index is 401. The van der Waals surface area contributed by atoms with E-state index in [0.717, 1.165) is 50.5 Å². The number of piperazine rings is 1. The van der Waals surface area contributed by atoms with Gasteiger partial charge in [0, 0.05) is 32.7 Å². The Morgan fingerprint density at radius 2 is 1.56 bits per heavy atom. The van der Waals surface area contributed by atoms with Crippen molar-refractivity contribution in [2.75, 3.05) is 59.6 Å². The second kappa shape index (κ2) is 7.81. The Balaban J connectivity index is 1.10. The number of hydrogen-bond donors (Lipinski definition) is 1. The molecule has 0 aromatic rings. The summed E-state index contributed by atoms with van der Waals surface area (Å²) in [6.45, 7) is 6.72. The van der Waals surface area contributed by atoms with Gasteiger partial charge in [0.05, 0.1) is 31.5 Å². The van der Waals surface area contributed by atoms with Crippen LogP contribution in [-0.4, -0.2) is 86.2 Å². The summed E-state index contributed by atoms with van der Waals surface area (Å²) in [4.78, 5) is 4.67. The SMILES string of the molecule is CN1CCN(CC(O)COCCOC23CC4CC(CC(C4)C2)C3)CC1. The van der Waals surface area contributed by atoms with Crippen LogP contribution in [0.2, 0.25) is 0 Å². The Kier molecular flexibility index (Phi) is 5.68. The summed E-state index contributed by atoms with van der Waals surface area (Å²) in [6, 6.07) is 0. The standard InChI is InChI=1S/C20H36N2O3/c1-21-2-4-22(5-3-21)14-19(23)15-24-6-7-25-20-11-16-8-17(12-20)10-18(9-16)13-20/h16-19,23H,2-15H2,1H3. The smallest absolute Gasteiger partial charge is 0.0900 e. The zero-order chi connectivity index (χ0) is 17.3. The Hall–Kier alpha value is -0.200. The monoisotopic (exact) mass is 352 g/mol. The third kappa shape index (κ3) is 4.56. The Labute approximate surface area is 152 Å². The first-order valence-corrected chi connectivity index (χ1v) is 10.4. The lowest BCUT2D eigenvalue weighted by Gasteiger charge is -2.56. The maximum Gasteiger partial charge on any atom is 0.0900 e. The molecule has 5 aliphatic rings. The summed E-state index contributed by atoms with van der Waals surface area (Å²) in [5.41, 5.74) is 0.177. The summed E-state index contributed by atoms with van der Waals surface area (Å²) in [5, 5.41) is 10.2. The molecule has 1 atom stereocenters. The van der Waals surface area contributed by atoms with Gasteiger partial charge in [0.15, 0.2) is 0 Å². The third-order valence-corrected chi connectivity index (χ3v) is 6.99. The van der Waals surface area contributed by atoms with Crippen LogP contribution >= 0.6 is 0 Å². The Morgan fingerprint density at radius 3 is 2.16 bits per heavy atom. The van der Waals surface area contributed by atoms with Gasteiger partial charge in [-0.05, 0) is 63.3 Å². The lowest BCUT2D eigenvalue weighted by atomic mass is 9.54. The predicted molar refractivity (Wildman–Crippen MR) is 97.6 cm³/mol. The van der Waals surface area contributed by atoms with Gasteiger partial charge in [0.25, 0.3) is 0 Å². The first kappa shape index (κ1) is 18.2. The zero-order valence-electron chi connectivity index (χ0n) is 15.9. The van der Waals surface area contributed by atoms with E-state index in [1.54, 1.807) is 0 Å². The molecular weight excluding hydrogens is 316 g/mol. The van der Waals surface area contributed by atoms with Crippen molar-refractivity contribution >= 4 is 0 Å². The molecule has 1 heterocycles. The normalized spacial score (nSPS) is 39.8. The van der Waals surface area contributed by atoms with E-state index in [1.807, 2.05) is 0 Å². The highest BCUT2D eigenvalue weighted by atomic mass is 16.5. The van der Waals surface area contributed by atoms with Crippen molar-refractivity contribution in [3.05, 3.63) is 0 Å². The number of β-amino-alcohol motifs (C(OH)–C–C–N with tert-alkyl or cyclic N) is 1. The van der Waals surface area contributed by atoms with Gasteiger partial charge in [-0.3, -0.25) is 4.90 Å². The molecule has 1 saturated heterocycles. The van der Waals surface area contributed by atoms with E-state index in [0.29, 0.717) is 19.8 Å². The Morgan fingerprint density at radius 1 is 0.960 bits per heavy atom. The summed E-state index contributed by atoms with van der Waals surface area (Å²) < 4.78 is 12.1. The molecule has 144 valence electrons. The van der Waals surface area contributed by atoms with Gasteiger partial charge in [0.2, 0.25) is 0 Å². The molecule has 4 saturated carbocycles. The van der Waals surface area contributed by atoms with Crippen LogP contribution in [0.1, 0.15) is 38.5 Å². The number of aliphatic hydroxyl groups excluding tert-OH is 1. The summed E-state index contributed by atoms with van der Waals surface area (Å²) in [7, 11) is 2.15. The third-order valence-electron chi connectivity index (χ3n) is 6.99. The average molecular weight is 353 g/mol. The molecule has 0 spiro atoms. The van der Waals surface area contributed by atoms with Gasteiger partial charge in [-0.1, -0.05) is 0 Å². The van der Waals surface area contributed by atoms with E-state index in [-0.39, 0.29) is 11.7 Å². The molecule has 1 aliphatic heterocycles. The van der Waals surface area contributed by atoms with Crippen LogP contribution < -0.4 is 0 Å². The summed E-state index contributed by atoms with van der Waals surface area (Å²) in [6.07, 6.45) is 7.83. The van der Waals surface area contributed by atoms with Crippen LogP contribution in [0.3, 0.4) is 0 Å². The average Bonchev–Trinajstić information content (AvgIpc) is 2.55. The van der Waals surface area contributed by atoms with Crippen molar-refractivity contribution in [3.8, 4) is 0 Å². The molecular formula is C20H36N2O3. The predicted octanol–water partition coefficient (Wildman–Crippen LogP) is 1.60. The molecule has 0 aromatic heterocycles. The van der Waals surface area contributed by atoms with Crippen molar-refractivity contribution in [3.63, 3.8) is 0 Å². The zero-order valence-corrected chi connectivity index (χ0v) is 15.9. The van der Waals surface area contributed by atoms with Gasteiger partial charge in [-0.15, -0.1) is 0 Å². The van der Waals surface area contributed by atoms with Crippen molar-refractivity contribution in [2.24, 2.45) is 17.8 Å². The summed E-state index contributed by atoms with van der Waals surface area (Å²) in [5.74, 6) is 2.78. The molecule has 5 heteroatoms. The molecule has 1 N–H and O–H groups in total. The van der Waals surface area contributed by atoms with Gasteiger partial charge in [0.1, 0.15) is 0 Å². The van der Waals surface area contributed by atoms with E-state index in [9.17, 15) is 5.11 Å². The molecule has 0 amide bonds. The lowest BCUT2D eigenvalue weighted by Crippen LogP contribution is -2.52. The highest BCUT2D eigenvalue weighted by Crippen LogP contribution is 2.57. The van der Waals surface area contributed by atoms with Gasteiger partial charge in [-0.2, -0.15) is 0 Å². The number of rotatable bonds is 8. The molecule has 5 rings (SSSR count). The topological polar surface area (TPSA) is 45.2 Å². The molecule has 4 bridgehead atoms. The second-order valence-corrected chi connectivity index (χ2v) is 9.28. The number of hydrogen-bond acceptors (Lipinski definition) is 5. The van der Waals surface area contributed by atoms with Crippen molar-refractivity contribution in [2.45, 2.75) is 50.2 Å². The lowest BCUT2D eigenvalue weighted by molar-refractivity contribution is -0.170. The van der Waals surface area contributed by atoms with Gasteiger partial charge in [-0.25, -0.2) is 0 Å². The fourth-order valence-corrected chi connectivity index (χ4v) is 6.13. The largest absolute Gasteiger partial charge is 0.389 e. The van der Waals surface area contributed by atoms with Crippen LogP contribution in [0.5, 0.6) is 0 Å². The molecule has 1 unspecified atom stereocenters. The minimum Gasteiger partial charge on any atom is -0.389 e. The van der Waals surface area contributed by atoms with Crippen LogP contribution in [0.15, 0.2) is 0 Å². The van der Waals surface area contributed by atoms with Crippen LogP contribution in [0.25, 0.3) is 0 Å². The number of nitrogens with zero attached hydrogens (tertiary/aromatic N) is 2. The first-order valence-electron chi connectivity index (χ1n) is 10.4. The first-order chi connectivity index (χ1) is 12.1. The maximum atomic E-state index is 10.2. The number of ether oxygens (including phenoxy) is 2. The van der Waals surface area contributed by atoms with E-state index in [2.05, 4.69) is 16.8 Å². The minimum absolute atomic E-state index is 0.177.